The average molecular weight is 381 g/mol. The van der Waals surface area contributed by atoms with Gasteiger partial charge in [-0.1, -0.05) is 12.1 Å². The Bertz CT molecular complexity index is 797. The van der Waals surface area contributed by atoms with Crippen molar-refractivity contribution < 1.29 is 9.53 Å². The van der Waals surface area contributed by atoms with Gasteiger partial charge in [0.1, 0.15) is 17.3 Å². The largest absolute Gasteiger partial charge is 0.495 e. The highest BCUT2D eigenvalue weighted by molar-refractivity contribution is 5.92. The number of benzene rings is 1. The molecule has 2 aliphatic heterocycles. The van der Waals surface area contributed by atoms with Crippen LogP contribution in [0.15, 0.2) is 36.7 Å². The first kappa shape index (κ1) is 18.5. The van der Waals surface area contributed by atoms with Crippen molar-refractivity contribution in [2.45, 2.75) is 19.3 Å². The maximum Gasteiger partial charge on any atom is 0.274 e. The smallest absolute Gasteiger partial charge is 0.274 e. The van der Waals surface area contributed by atoms with Gasteiger partial charge in [-0.25, -0.2) is 9.97 Å². The minimum Gasteiger partial charge on any atom is -0.495 e. The molecule has 0 aliphatic carbocycles. The molecular weight excluding hydrogens is 354 g/mol. The molecular formula is C21H27N5O2. The van der Waals surface area contributed by atoms with Gasteiger partial charge in [-0.2, -0.15) is 0 Å². The van der Waals surface area contributed by atoms with Gasteiger partial charge in [0, 0.05) is 39.3 Å². The van der Waals surface area contributed by atoms with Crippen molar-refractivity contribution in [2.24, 2.45) is 0 Å². The second-order valence-electron chi connectivity index (χ2n) is 7.26. The number of carbonyl (C=O) groups is 1. The normalized spacial score (nSPS) is 17.5. The number of rotatable bonds is 4. The highest BCUT2D eigenvalue weighted by atomic mass is 16.5. The lowest BCUT2D eigenvalue weighted by Crippen LogP contribution is -2.47. The van der Waals surface area contributed by atoms with Crippen LogP contribution in [0.2, 0.25) is 0 Å². The third-order valence-electron chi connectivity index (χ3n) is 5.53. The quantitative estimate of drug-likeness (QED) is 0.811. The molecule has 1 aromatic heterocycles. The van der Waals surface area contributed by atoms with Gasteiger partial charge < -0.3 is 19.4 Å². The van der Waals surface area contributed by atoms with Crippen LogP contribution in [0.4, 0.5) is 11.5 Å². The van der Waals surface area contributed by atoms with Gasteiger partial charge in [0.2, 0.25) is 0 Å². The lowest BCUT2D eigenvalue weighted by Gasteiger charge is -2.37. The Morgan fingerprint density at radius 2 is 1.61 bits per heavy atom. The monoisotopic (exact) mass is 381 g/mol. The van der Waals surface area contributed by atoms with Crippen molar-refractivity contribution in [2.75, 3.05) is 56.2 Å². The number of carbonyl (C=O) groups excluding carboxylic acids is 1. The van der Waals surface area contributed by atoms with Gasteiger partial charge in [-0.05, 0) is 31.4 Å². The maximum absolute atomic E-state index is 12.5. The summed E-state index contributed by atoms with van der Waals surface area (Å²) in [5.41, 5.74) is 1.57. The number of para-hydroxylation sites is 2. The topological polar surface area (TPSA) is 61.8 Å². The molecule has 0 saturated carbocycles. The van der Waals surface area contributed by atoms with Crippen molar-refractivity contribution in [3.63, 3.8) is 0 Å². The number of hydrogen-bond donors (Lipinski definition) is 0. The van der Waals surface area contributed by atoms with Crippen LogP contribution in [-0.4, -0.2) is 67.2 Å². The van der Waals surface area contributed by atoms with E-state index in [-0.39, 0.29) is 5.91 Å². The van der Waals surface area contributed by atoms with E-state index in [1.807, 2.05) is 23.1 Å². The molecule has 2 fully saturated rings. The zero-order valence-electron chi connectivity index (χ0n) is 16.4. The van der Waals surface area contributed by atoms with E-state index < -0.39 is 0 Å². The third-order valence-corrected chi connectivity index (χ3v) is 5.53. The van der Waals surface area contributed by atoms with Crippen LogP contribution >= 0.6 is 0 Å². The number of methoxy groups -OCH3 is 1. The Kier molecular flexibility index (Phi) is 5.60. The van der Waals surface area contributed by atoms with Crippen molar-refractivity contribution >= 4 is 17.4 Å². The minimum atomic E-state index is -0.000239. The van der Waals surface area contributed by atoms with Gasteiger partial charge in [0.25, 0.3) is 5.91 Å². The van der Waals surface area contributed by atoms with E-state index in [1.165, 1.54) is 6.42 Å². The number of nitrogens with zero attached hydrogens (tertiary/aromatic N) is 5. The summed E-state index contributed by atoms with van der Waals surface area (Å²) in [7, 11) is 1.71. The summed E-state index contributed by atoms with van der Waals surface area (Å²) >= 11 is 0. The standard InChI is InChI=1S/C21H27N5O2/c1-28-19-8-4-3-7-18(19)24-11-13-25(14-12-24)20-16-22-17(15-23-20)21(27)26-9-5-2-6-10-26/h3-4,7-8,15-16H,2,5-6,9-14H2,1H3. The molecule has 3 heterocycles. The third kappa shape index (κ3) is 3.88. The second-order valence-corrected chi connectivity index (χ2v) is 7.26. The van der Waals surface area contributed by atoms with Crippen LogP contribution in [-0.2, 0) is 0 Å². The first-order valence-electron chi connectivity index (χ1n) is 10.0. The molecule has 0 N–H and O–H groups in total. The molecule has 28 heavy (non-hydrogen) atoms. The Balaban J connectivity index is 1.37. The molecule has 2 aromatic rings. The van der Waals surface area contributed by atoms with Crippen molar-refractivity contribution in [1.82, 2.24) is 14.9 Å². The van der Waals surface area contributed by atoms with Crippen LogP contribution in [0, 0.1) is 0 Å². The summed E-state index contributed by atoms with van der Waals surface area (Å²) in [6.45, 7) is 5.13. The van der Waals surface area contributed by atoms with Crippen LogP contribution < -0.4 is 14.5 Å². The number of aromatic nitrogens is 2. The number of likely N-dealkylation sites (tertiary alicyclic amines) is 1. The molecule has 0 atom stereocenters. The summed E-state index contributed by atoms with van der Waals surface area (Å²) in [5.74, 6) is 1.73. The molecule has 0 bridgehead atoms. The van der Waals surface area contributed by atoms with Crippen LogP contribution in [0.3, 0.4) is 0 Å². The number of amides is 1. The molecule has 0 unspecified atom stereocenters. The first-order valence-corrected chi connectivity index (χ1v) is 10.0. The summed E-state index contributed by atoms with van der Waals surface area (Å²) < 4.78 is 5.48. The molecule has 7 nitrogen and oxygen atoms in total. The Hall–Kier alpha value is -2.83. The minimum absolute atomic E-state index is 0.000239. The fraction of sp³-hybridized carbons (Fsp3) is 0.476. The van der Waals surface area contributed by atoms with E-state index in [9.17, 15) is 4.79 Å². The van der Waals surface area contributed by atoms with Gasteiger partial charge in [-0.15, -0.1) is 0 Å². The predicted molar refractivity (Wildman–Crippen MR) is 109 cm³/mol. The molecule has 0 spiro atoms. The van der Waals surface area contributed by atoms with Crippen LogP contribution in [0.5, 0.6) is 5.75 Å². The summed E-state index contributed by atoms with van der Waals surface area (Å²) in [5, 5.41) is 0. The lowest BCUT2D eigenvalue weighted by molar-refractivity contribution is 0.0718. The van der Waals surface area contributed by atoms with Crippen molar-refractivity contribution in [1.29, 1.82) is 0 Å². The molecule has 4 rings (SSSR count). The Labute approximate surface area is 165 Å². The highest BCUT2D eigenvalue weighted by Gasteiger charge is 2.22. The van der Waals surface area contributed by atoms with E-state index in [1.54, 1.807) is 19.5 Å². The fourth-order valence-electron chi connectivity index (χ4n) is 3.92. The summed E-state index contributed by atoms with van der Waals surface area (Å²) in [6.07, 6.45) is 6.71. The van der Waals surface area contributed by atoms with Crippen LogP contribution in [0.25, 0.3) is 0 Å². The Morgan fingerprint density at radius 3 is 2.29 bits per heavy atom. The van der Waals surface area contributed by atoms with Gasteiger partial charge in [0.05, 0.1) is 25.2 Å². The second kappa shape index (κ2) is 8.46. The van der Waals surface area contributed by atoms with Crippen molar-refractivity contribution in [3.05, 3.63) is 42.4 Å². The molecule has 7 heteroatoms. The van der Waals surface area contributed by atoms with Gasteiger partial charge in [0.15, 0.2) is 0 Å². The number of anilines is 2. The van der Waals surface area contributed by atoms with E-state index in [0.29, 0.717) is 5.69 Å². The molecule has 2 aliphatic rings. The Morgan fingerprint density at radius 1 is 0.893 bits per heavy atom. The fourth-order valence-corrected chi connectivity index (χ4v) is 3.92. The first-order chi connectivity index (χ1) is 13.8. The number of ether oxygens (including phenoxy) is 1. The van der Waals surface area contributed by atoms with Gasteiger partial charge in [-0.3, -0.25) is 4.79 Å². The molecule has 1 amide bonds. The van der Waals surface area contributed by atoms with Gasteiger partial charge >= 0.3 is 0 Å². The van der Waals surface area contributed by atoms with E-state index in [2.05, 4.69) is 25.8 Å². The maximum atomic E-state index is 12.5. The number of piperazine rings is 1. The van der Waals surface area contributed by atoms with E-state index in [4.69, 9.17) is 4.74 Å². The molecule has 2 saturated heterocycles. The molecule has 0 radical (unpaired) electrons. The lowest BCUT2D eigenvalue weighted by atomic mass is 10.1. The predicted octanol–water partition coefficient (Wildman–Crippen LogP) is 2.44. The van der Waals surface area contributed by atoms with Crippen LogP contribution in [0.1, 0.15) is 29.8 Å². The molecule has 1 aromatic carbocycles. The number of hydrogen-bond acceptors (Lipinski definition) is 6. The number of piperidine rings is 1. The summed E-state index contributed by atoms with van der Waals surface area (Å²) in [6, 6.07) is 8.11. The van der Waals surface area contributed by atoms with Crippen molar-refractivity contribution in [3.8, 4) is 5.75 Å². The zero-order chi connectivity index (χ0) is 19.3. The van der Waals surface area contributed by atoms with E-state index in [0.717, 1.165) is 69.4 Å². The highest BCUT2D eigenvalue weighted by Crippen LogP contribution is 2.28. The molecule has 148 valence electrons. The summed E-state index contributed by atoms with van der Waals surface area (Å²) in [4.78, 5) is 27.9. The zero-order valence-corrected chi connectivity index (χ0v) is 16.4. The van der Waals surface area contributed by atoms with E-state index >= 15 is 0 Å². The SMILES string of the molecule is COc1ccccc1N1CCN(c2cnc(C(=O)N3CCCCC3)cn2)CC1. The average Bonchev–Trinajstić information content (AvgIpc) is 2.79.